The van der Waals surface area contributed by atoms with Crippen LogP contribution in [0.15, 0.2) is 35.3 Å². The standard InChI is InChI=1S/C68H112N22O20S2/c1-30(2)19-37(69)56(98)78-34(9)54(96)81-38(17-14-18-76-68(74)75)58(100)83-40(21-32(5)6)60(102)89-47(29-112)66(108)84-39(20-31(3)4)59(101)79-35(10)55(97)82-43(24-49(71)92)63(105)85-41(22-36-15-12-11-13-16-36)61(103)88-46(28-111)57(99)77-27-52(95)80-42(23-48(70)91)62(104)86-44(25-50(72)93)64(106)87-45(26-51(73)94)65(107)90-53(33(7)8)67(109)110/h11-13,15-16,30-35,37-47,53,111-112H,14,17-29,69H2,1-10H3,(H2,70,91)(H2,71,92)(H2,72,93)(H2,73,94)(H,77,99)(H,78,98)(H,79,101)(H,80,95)(H,81,96)(H,82,97)(H,83,100)(H,84,108)(H,85,105)(H,86,104)(H,87,106)(H,88,103)(H,89,102)(H,90,107)(H,109,110)(H4,74,75,76)/t34-,35-,37-,38-,39-,40-,41-,42-,43-,44-,45-,46-,47-,53-/m0/s1. The number of benzene rings is 1. The van der Waals surface area contributed by atoms with Crippen molar-refractivity contribution < 1.29 is 96.2 Å². The van der Waals surface area contributed by atoms with Crippen molar-refractivity contribution in [1.82, 2.24) is 74.4 Å². The number of thiol groups is 2. The van der Waals surface area contributed by atoms with Crippen LogP contribution >= 0.6 is 25.3 Å². The molecule has 29 N–H and O–H groups in total. The molecular formula is C68H112N22O20S2. The van der Waals surface area contributed by atoms with E-state index in [4.69, 9.17) is 40.1 Å². The van der Waals surface area contributed by atoms with Gasteiger partial charge >= 0.3 is 5.97 Å². The van der Waals surface area contributed by atoms with E-state index < -0.39 is 241 Å². The van der Waals surface area contributed by atoms with Gasteiger partial charge in [0.25, 0.3) is 0 Å². The quantitative estimate of drug-likeness (QED) is 0.0125. The van der Waals surface area contributed by atoms with E-state index in [2.05, 4.69) is 105 Å². The Morgan fingerprint density at radius 1 is 0.384 bits per heavy atom. The second-order valence-corrected chi connectivity index (χ2v) is 28.8. The summed E-state index contributed by atoms with van der Waals surface area (Å²) in [6.07, 6.45) is -3.65. The molecule has 0 heterocycles. The number of guanidine groups is 1. The first-order chi connectivity index (χ1) is 52.2. The van der Waals surface area contributed by atoms with Gasteiger partial charge in [0.2, 0.25) is 106 Å². The topological polar surface area (TPSA) is 707 Å². The lowest BCUT2D eigenvalue weighted by atomic mass is 10.0. The van der Waals surface area contributed by atoms with Crippen molar-refractivity contribution in [1.29, 1.82) is 0 Å². The molecule has 0 bridgehead atoms. The fourth-order valence-corrected chi connectivity index (χ4v) is 11.0. The van der Waals surface area contributed by atoms with Gasteiger partial charge in [0.05, 0.1) is 38.3 Å². The third-order valence-electron chi connectivity index (χ3n) is 16.2. The van der Waals surface area contributed by atoms with Gasteiger partial charge in [-0.1, -0.05) is 85.7 Å². The minimum absolute atomic E-state index is 0.0139. The summed E-state index contributed by atoms with van der Waals surface area (Å²) in [6.45, 7) is 15.2. The number of nitrogens with zero attached hydrogens (tertiary/aromatic N) is 1. The predicted octanol–water partition coefficient (Wildman–Crippen LogP) is -8.69. The molecule has 0 saturated carbocycles. The van der Waals surface area contributed by atoms with Gasteiger partial charge < -0.3 is 120 Å². The number of carbonyl (C=O) groups excluding carboxylic acids is 18. The van der Waals surface area contributed by atoms with E-state index in [1.165, 1.54) is 27.7 Å². The number of carboxylic acid groups (broad SMARTS) is 1. The number of carboxylic acids is 1. The van der Waals surface area contributed by atoms with Crippen LogP contribution in [0, 0.1) is 23.7 Å². The van der Waals surface area contributed by atoms with Crippen molar-refractivity contribution in [3.8, 4) is 0 Å². The molecule has 44 heteroatoms. The van der Waals surface area contributed by atoms with E-state index in [1.807, 2.05) is 13.8 Å². The first-order valence-electron chi connectivity index (χ1n) is 35.8. The summed E-state index contributed by atoms with van der Waals surface area (Å²) in [5.41, 5.74) is 38.8. The highest BCUT2D eigenvalue weighted by Crippen LogP contribution is 2.13. The lowest BCUT2D eigenvalue weighted by Crippen LogP contribution is -2.61. The number of aliphatic imine (C=N–C) groups is 1. The Hall–Kier alpha value is -10.9. The number of primary amides is 4. The van der Waals surface area contributed by atoms with Crippen molar-refractivity contribution in [2.45, 2.75) is 218 Å². The lowest BCUT2D eigenvalue weighted by molar-refractivity contribution is -0.144. The van der Waals surface area contributed by atoms with Crippen LogP contribution in [0.4, 0.5) is 0 Å². The van der Waals surface area contributed by atoms with Gasteiger partial charge in [-0.3, -0.25) is 91.3 Å². The molecule has 112 heavy (non-hydrogen) atoms. The molecule has 0 aromatic heterocycles. The molecule has 18 amide bonds. The van der Waals surface area contributed by atoms with E-state index in [9.17, 15) is 96.2 Å². The molecule has 626 valence electrons. The minimum atomic E-state index is -1.99. The van der Waals surface area contributed by atoms with Crippen LogP contribution in [0.5, 0.6) is 0 Å². The van der Waals surface area contributed by atoms with E-state index >= 15 is 0 Å². The summed E-state index contributed by atoms with van der Waals surface area (Å²) in [7, 11) is 0. The Morgan fingerprint density at radius 3 is 1.12 bits per heavy atom. The number of aliphatic carboxylic acids is 1. The van der Waals surface area contributed by atoms with Crippen LogP contribution in [0.2, 0.25) is 0 Å². The van der Waals surface area contributed by atoms with Gasteiger partial charge in [0.1, 0.15) is 78.5 Å². The molecule has 1 rings (SSSR count). The summed E-state index contributed by atoms with van der Waals surface area (Å²) in [6, 6.07) is -13.6. The maximum atomic E-state index is 14.2. The lowest BCUT2D eigenvalue weighted by Gasteiger charge is -2.28. The van der Waals surface area contributed by atoms with Gasteiger partial charge in [-0.25, -0.2) is 4.79 Å². The van der Waals surface area contributed by atoms with E-state index in [0.717, 1.165) is 0 Å². The summed E-state index contributed by atoms with van der Waals surface area (Å²) in [4.78, 5) is 256. The maximum absolute atomic E-state index is 14.2. The Balaban J connectivity index is 3.41. The predicted molar refractivity (Wildman–Crippen MR) is 411 cm³/mol. The molecule has 0 aliphatic carbocycles. The van der Waals surface area contributed by atoms with Crippen molar-refractivity contribution in [2.24, 2.45) is 68.8 Å². The maximum Gasteiger partial charge on any atom is 0.326 e. The fraction of sp³-hybridized carbons (Fsp3) is 0.618. The van der Waals surface area contributed by atoms with Crippen molar-refractivity contribution in [2.75, 3.05) is 24.6 Å². The van der Waals surface area contributed by atoms with Gasteiger partial charge in [-0.2, -0.15) is 25.3 Å². The van der Waals surface area contributed by atoms with E-state index in [-0.39, 0.29) is 68.1 Å². The monoisotopic (exact) mass is 1620 g/mol. The third kappa shape index (κ3) is 38.6. The van der Waals surface area contributed by atoms with Crippen molar-refractivity contribution in [3.63, 3.8) is 0 Å². The average Bonchev–Trinajstić information content (AvgIpc) is 0.858. The molecule has 42 nitrogen and oxygen atoms in total. The molecule has 1 aromatic carbocycles. The Morgan fingerprint density at radius 2 is 0.714 bits per heavy atom. The molecule has 0 fully saturated rings. The van der Waals surface area contributed by atoms with Crippen LogP contribution in [-0.2, 0) is 97.5 Å². The second kappa shape index (κ2) is 50.1. The first kappa shape index (κ1) is 99.1. The highest BCUT2D eigenvalue weighted by atomic mass is 32.1. The Labute approximate surface area is 658 Å². The summed E-state index contributed by atoms with van der Waals surface area (Å²) in [5, 5.41) is 42.7. The molecule has 14 atom stereocenters. The number of rotatable bonds is 52. The second-order valence-electron chi connectivity index (χ2n) is 28.1. The number of amides is 18. The highest BCUT2D eigenvalue weighted by molar-refractivity contribution is 7.80. The summed E-state index contributed by atoms with van der Waals surface area (Å²) >= 11 is 8.45. The highest BCUT2D eigenvalue weighted by Gasteiger charge is 2.38. The van der Waals surface area contributed by atoms with Crippen LogP contribution < -0.4 is 115 Å². The zero-order valence-electron chi connectivity index (χ0n) is 64.3. The molecular weight excluding hydrogens is 1510 g/mol. The van der Waals surface area contributed by atoms with Crippen LogP contribution in [0.25, 0.3) is 0 Å². The van der Waals surface area contributed by atoms with Gasteiger partial charge in [0.15, 0.2) is 5.96 Å². The Kier molecular flexibility index (Phi) is 44.3. The zero-order valence-corrected chi connectivity index (χ0v) is 66.1. The van der Waals surface area contributed by atoms with E-state index in [0.29, 0.717) is 12.0 Å². The SMILES string of the molecule is CC(C)C[C@H](NC(=O)[C@H](CS)NC(=O)[C@H](CC(C)C)NC(=O)[C@H](CCCN=C(N)N)NC(=O)[C@H](C)NC(=O)[C@@H](N)CC(C)C)C(=O)N[C@@H](C)C(=O)N[C@@H](CC(N)=O)C(=O)N[C@@H](Cc1ccccc1)C(=O)N[C@@H](CS)C(=O)NCC(=O)N[C@@H](CC(N)=O)C(=O)N[C@@H](CC(N)=O)C(=O)N[C@@H](CC(N)=O)C(=O)N[C@H](C(=O)O)C(C)C. The number of nitrogens with two attached hydrogens (primary N) is 7. The van der Waals surface area contributed by atoms with Crippen LogP contribution in [-0.4, -0.2) is 233 Å². The molecule has 0 spiro atoms. The molecule has 0 aliphatic heterocycles. The number of hydrogen-bond acceptors (Lipinski definition) is 23. The average molecular weight is 1620 g/mol. The summed E-state index contributed by atoms with van der Waals surface area (Å²) in [5.74, 6) is -22.9. The normalized spacial score (nSPS) is 14.8. The molecule has 0 unspecified atom stereocenters. The number of nitrogens with one attached hydrogen (secondary N) is 14. The van der Waals surface area contributed by atoms with Crippen LogP contribution in [0.1, 0.15) is 133 Å². The van der Waals surface area contributed by atoms with Crippen LogP contribution in [0.3, 0.4) is 0 Å². The Bertz CT molecular complexity index is 3510. The number of hydrogen-bond donors (Lipinski definition) is 24. The third-order valence-corrected chi connectivity index (χ3v) is 16.9. The molecule has 0 aliphatic rings. The minimum Gasteiger partial charge on any atom is -0.480 e. The zero-order chi connectivity index (χ0) is 85.6. The molecule has 0 saturated heterocycles. The number of carbonyl (C=O) groups is 19. The van der Waals surface area contributed by atoms with Gasteiger partial charge in [0, 0.05) is 24.5 Å². The van der Waals surface area contributed by atoms with Crippen molar-refractivity contribution >= 4 is 144 Å². The van der Waals surface area contributed by atoms with E-state index in [1.54, 1.807) is 58.0 Å². The smallest absolute Gasteiger partial charge is 0.326 e. The summed E-state index contributed by atoms with van der Waals surface area (Å²) < 4.78 is 0. The van der Waals surface area contributed by atoms with Gasteiger partial charge in [-0.05, 0) is 75.2 Å². The van der Waals surface area contributed by atoms with Crippen molar-refractivity contribution in [3.05, 3.63) is 35.9 Å². The largest absolute Gasteiger partial charge is 0.480 e. The fourth-order valence-electron chi connectivity index (χ4n) is 10.5. The molecule has 1 aromatic rings. The first-order valence-corrected chi connectivity index (χ1v) is 37.1. The molecule has 0 radical (unpaired) electrons. The van der Waals surface area contributed by atoms with Gasteiger partial charge in [-0.15, -0.1) is 0 Å².